The second kappa shape index (κ2) is 11.1. The molecule has 0 radical (unpaired) electrons. The highest BCUT2D eigenvalue weighted by molar-refractivity contribution is 5.79. The average Bonchev–Trinajstić information content (AvgIpc) is 3.18. The fourth-order valence-corrected chi connectivity index (χ4v) is 2.85. The standard InChI is InChI=1S/C22H29N5O2/c1-3-29-14-6-12-23-22(24-15-18-8-10-20(28-2)11-9-18)25-16-19-17-27-13-5-4-7-21(27)26-19/h4-5,7-11,13,17H,3,6,12,14-16H2,1-2H3,(H2,23,24,25). The van der Waals surface area contributed by atoms with Gasteiger partial charge >= 0.3 is 0 Å². The summed E-state index contributed by atoms with van der Waals surface area (Å²) in [5.74, 6) is 1.60. The van der Waals surface area contributed by atoms with Crippen LogP contribution in [0.1, 0.15) is 24.6 Å². The molecule has 7 nitrogen and oxygen atoms in total. The molecule has 2 heterocycles. The lowest BCUT2D eigenvalue weighted by atomic mass is 10.2. The zero-order chi connectivity index (χ0) is 20.3. The Morgan fingerprint density at radius 3 is 2.76 bits per heavy atom. The van der Waals surface area contributed by atoms with Crippen molar-refractivity contribution in [2.24, 2.45) is 4.99 Å². The number of aromatic nitrogens is 2. The monoisotopic (exact) mass is 395 g/mol. The number of imidazole rings is 1. The fourth-order valence-electron chi connectivity index (χ4n) is 2.85. The van der Waals surface area contributed by atoms with Crippen LogP contribution in [-0.2, 0) is 17.8 Å². The van der Waals surface area contributed by atoms with Crippen molar-refractivity contribution >= 4 is 11.6 Å². The van der Waals surface area contributed by atoms with Crippen LogP contribution in [-0.4, -0.2) is 42.2 Å². The first-order valence-corrected chi connectivity index (χ1v) is 9.94. The summed E-state index contributed by atoms with van der Waals surface area (Å²) in [7, 11) is 1.67. The van der Waals surface area contributed by atoms with Gasteiger partial charge < -0.3 is 24.5 Å². The molecule has 3 rings (SSSR count). The lowest BCUT2D eigenvalue weighted by Crippen LogP contribution is -2.38. The number of hydrogen-bond acceptors (Lipinski definition) is 4. The predicted octanol–water partition coefficient (Wildman–Crippen LogP) is 3.00. The molecule has 0 atom stereocenters. The first-order chi connectivity index (χ1) is 14.3. The van der Waals surface area contributed by atoms with Crippen molar-refractivity contribution < 1.29 is 9.47 Å². The second-order valence-corrected chi connectivity index (χ2v) is 6.54. The van der Waals surface area contributed by atoms with Gasteiger partial charge in [0.2, 0.25) is 0 Å². The summed E-state index contributed by atoms with van der Waals surface area (Å²) in [5.41, 5.74) is 3.02. The van der Waals surface area contributed by atoms with Gasteiger partial charge in [-0.1, -0.05) is 18.2 Å². The SMILES string of the molecule is CCOCCCNC(=NCc1ccc(OC)cc1)NCc1cn2ccccc2n1. The average molecular weight is 396 g/mol. The van der Waals surface area contributed by atoms with E-state index >= 15 is 0 Å². The number of rotatable bonds is 10. The van der Waals surface area contributed by atoms with Crippen LogP contribution in [0.4, 0.5) is 0 Å². The number of methoxy groups -OCH3 is 1. The lowest BCUT2D eigenvalue weighted by molar-refractivity contribution is 0.145. The molecule has 0 aliphatic heterocycles. The van der Waals surface area contributed by atoms with Crippen LogP contribution in [0.5, 0.6) is 5.75 Å². The van der Waals surface area contributed by atoms with Crippen LogP contribution in [0.15, 0.2) is 59.9 Å². The Morgan fingerprint density at radius 1 is 1.14 bits per heavy atom. The highest BCUT2D eigenvalue weighted by Gasteiger charge is 2.04. The van der Waals surface area contributed by atoms with E-state index in [2.05, 4.69) is 15.6 Å². The van der Waals surface area contributed by atoms with Crippen LogP contribution in [0.2, 0.25) is 0 Å². The molecule has 0 fully saturated rings. The van der Waals surface area contributed by atoms with E-state index in [1.54, 1.807) is 7.11 Å². The summed E-state index contributed by atoms with van der Waals surface area (Å²) >= 11 is 0. The number of nitrogens with zero attached hydrogens (tertiary/aromatic N) is 3. The third-order valence-electron chi connectivity index (χ3n) is 4.39. The largest absolute Gasteiger partial charge is 0.497 e. The third kappa shape index (κ3) is 6.50. The van der Waals surface area contributed by atoms with E-state index in [1.807, 2.05) is 66.2 Å². The van der Waals surface area contributed by atoms with Crippen LogP contribution in [0, 0.1) is 0 Å². The number of hydrogen-bond donors (Lipinski definition) is 2. The van der Waals surface area contributed by atoms with E-state index in [4.69, 9.17) is 14.5 Å². The van der Waals surface area contributed by atoms with E-state index < -0.39 is 0 Å². The number of nitrogens with one attached hydrogen (secondary N) is 2. The summed E-state index contributed by atoms with van der Waals surface area (Å²) in [4.78, 5) is 9.34. The number of guanidine groups is 1. The molecule has 1 aromatic carbocycles. The molecule has 0 saturated carbocycles. The Hall–Kier alpha value is -3.06. The minimum atomic E-state index is 0.579. The van der Waals surface area contributed by atoms with Crippen molar-refractivity contribution in [3.05, 3.63) is 66.1 Å². The highest BCUT2D eigenvalue weighted by Crippen LogP contribution is 2.12. The molecule has 0 amide bonds. The van der Waals surface area contributed by atoms with Gasteiger partial charge in [-0.15, -0.1) is 0 Å². The number of ether oxygens (including phenoxy) is 2. The van der Waals surface area contributed by atoms with Gasteiger partial charge in [-0.3, -0.25) is 0 Å². The topological polar surface area (TPSA) is 72.2 Å². The van der Waals surface area contributed by atoms with Gasteiger partial charge in [0, 0.05) is 32.2 Å². The first kappa shape index (κ1) is 20.7. The van der Waals surface area contributed by atoms with Gasteiger partial charge in [0.1, 0.15) is 11.4 Å². The van der Waals surface area contributed by atoms with Crippen molar-refractivity contribution in [1.29, 1.82) is 0 Å². The third-order valence-corrected chi connectivity index (χ3v) is 4.39. The Morgan fingerprint density at radius 2 is 2.00 bits per heavy atom. The molecule has 3 aromatic rings. The van der Waals surface area contributed by atoms with Crippen molar-refractivity contribution in [2.45, 2.75) is 26.4 Å². The molecule has 0 bridgehead atoms. The van der Waals surface area contributed by atoms with E-state index in [-0.39, 0.29) is 0 Å². The highest BCUT2D eigenvalue weighted by atomic mass is 16.5. The Kier molecular flexibility index (Phi) is 7.89. The minimum Gasteiger partial charge on any atom is -0.497 e. The lowest BCUT2D eigenvalue weighted by Gasteiger charge is -2.12. The number of pyridine rings is 1. The van der Waals surface area contributed by atoms with Gasteiger partial charge in [-0.25, -0.2) is 9.98 Å². The zero-order valence-electron chi connectivity index (χ0n) is 17.1. The summed E-state index contributed by atoms with van der Waals surface area (Å²) in [6.07, 6.45) is 4.94. The predicted molar refractivity (Wildman–Crippen MR) is 115 cm³/mol. The number of aliphatic imine (C=N–C) groups is 1. The van der Waals surface area contributed by atoms with E-state index in [1.165, 1.54) is 0 Å². The van der Waals surface area contributed by atoms with Crippen molar-refractivity contribution in [2.75, 3.05) is 26.9 Å². The van der Waals surface area contributed by atoms with Gasteiger partial charge in [0.05, 0.1) is 25.9 Å². The number of benzene rings is 1. The minimum absolute atomic E-state index is 0.579. The molecule has 0 saturated heterocycles. The Balaban J connectivity index is 1.60. The fraction of sp³-hybridized carbons (Fsp3) is 0.364. The molecule has 0 unspecified atom stereocenters. The van der Waals surface area contributed by atoms with Gasteiger partial charge in [0.15, 0.2) is 5.96 Å². The molecule has 154 valence electrons. The molecule has 2 N–H and O–H groups in total. The summed E-state index contributed by atoms with van der Waals surface area (Å²) < 4.78 is 12.6. The maximum absolute atomic E-state index is 5.40. The zero-order valence-corrected chi connectivity index (χ0v) is 17.1. The van der Waals surface area contributed by atoms with Gasteiger partial charge in [-0.2, -0.15) is 0 Å². The molecule has 0 spiro atoms. The van der Waals surface area contributed by atoms with E-state index in [0.717, 1.165) is 54.8 Å². The molecule has 2 aromatic heterocycles. The van der Waals surface area contributed by atoms with E-state index in [0.29, 0.717) is 13.1 Å². The summed E-state index contributed by atoms with van der Waals surface area (Å²) in [6.45, 7) is 5.45. The molecular formula is C22H29N5O2. The van der Waals surface area contributed by atoms with Crippen molar-refractivity contribution in [1.82, 2.24) is 20.0 Å². The van der Waals surface area contributed by atoms with Crippen LogP contribution in [0.25, 0.3) is 5.65 Å². The van der Waals surface area contributed by atoms with E-state index in [9.17, 15) is 0 Å². The second-order valence-electron chi connectivity index (χ2n) is 6.54. The molecule has 7 heteroatoms. The maximum atomic E-state index is 5.40. The molecular weight excluding hydrogens is 366 g/mol. The molecule has 0 aliphatic rings. The molecule has 29 heavy (non-hydrogen) atoms. The summed E-state index contributed by atoms with van der Waals surface area (Å²) in [5, 5.41) is 6.75. The quantitative estimate of drug-likeness (QED) is 0.314. The summed E-state index contributed by atoms with van der Waals surface area (Å²) in [6, 6.07) is 13.9. The Labute approximate surface area is 171 Å². The van der Waals surface area contributed by atoms with Gasteiger partial charge in [-0.05, 0) is 43.2 Å². The smallest absolute Gasteiger partial charge is 0.191 e. The van der Waals surface area contributed by atoms with Crippen LogP contribution < -0.4 is 15.4 Å². The van der Waals surface area contributed by atoms with Crippen molar-refractivity contribution in [3.63, 3.8) is 0 Å². The normalized spacial score (nSPS) is 11.6. The number of fused-ring (bicyclic) bond motifs is 1. The van der Waals surface area contributed by atoms with Crippen LogP contribution in [0.3, 0.4) is 0 Å². The van der Waals surface area contributed by atoms with Crippen LogP contribution >= 0.6 is 0 Å². The van der Waals surface area contributed by atoms with Gasteiger partial charge in [0.25, 0.3) is 0 Å². The maximum Gasteiger partial charge on any atom is 0.191 e. The van der Waals surface area contributed by atoms with Crippen molar-refractivity contribution in [3.8, 4) is 5.75 Å². The first-order valence-electron chi connectivity index (χ1n) is 9.94. The molecule has 0 aliphatic carbocycles. The Bertz CT molecular complexity index is 872.